The van der Waals surface area contributed by atoms with E-state index in [2.05, 4.69) is 36.5 Å². The van der Waals surface area contributed by atoms with E-state index in [9.17, 15) is 0 Å². The van der Waals surface area contributed by atoms with E-state index in [1.807, 2.05) is 6.07 Å². The van der Waals surface area contributed by atoms with E-state index in [1.165, 1.54) is 18.4 Å². The summed E-state index contributed by atoms with van der Waals surface area (Å²) >= 11 is 6.16. The van der Waals surface area contributed by atoms with Gasteiger partial charge in [-0.05, 0) is 44.7 Å². The lowest BCUT2D eigenvalue weighted by Crippen LogP contribution is -2.42. The molecule has 1 saturated heterocycles. The molecule has 1 fully saturated rings. The summed E-state index contributed by atoms with van der Waals surface area (Å²) in [6.45, 7) is 4.10. The van der Waals surface area contributed by atoms with Crippen molar-refractivity contribution in [1.82, 2.24) is 5.32 Å². The molecule has 2 unspecified atom stereocenters. The van der Waals surface area contributed by atoms with Gasteiger partial charge in [-0.25, -0.2) is 0 Å². The minimum Gasteiger partial charge on any atom is -0.378 e. The summed E-state index contributed by atoms with van der Waals surface area (Å²) in [6, 6.07) is 10.4. The second-order valence-corrected chi connectivity index (χ2v) is 5.80. The summed E-state index contributed by atoms with van der Waals surface area (Å²) in [5, 5.41) is 3.60. The van der Waals surface area contributed by atoms with Crippen molar-refractivity contribution in [3.8, 4) is 0 Å². The van der Waals surface area contributed by atoms with Crippen molar-refractivity contribution in [2.75, 3.05) is 19.0 Å². The Morgan fingerprint density at radius 1 is 1.37 bits per heavy atom. The Morgan fingerprint density at radius 3 is 2.79 bits per heavy atom. The molecular weight excluding hydrogens is 258 g/mol. The van der Waals surface area contributed by atoms with E-state index < -0.39 is 0 Å². The summed E-state index contributed by atoms with van der Waals surface area (Å²) in [6.07, 6.45) is 5.23. The number of hydrogen-bond acceptors (Lipinski definition) is 2. The van der Waals surface area contributed by atoms with Gasteiger partial charge in [0.1, 0.15) is 0 Å². The second-order valence-electron chi connectivity index (χ2n) is 5.54. The average molecular weight is 282 g/mol. The van der Waals surface area contributed by atoms with Crippen LogP contribution in [0.1, 0.15) is 38.2 Å². The first-order chi connectivity index (χ1) is 9.24. The predicted molar refractivity (Wildman–Crippen MR) is 80.7 cm³/mol. The Bertz CT molecular complexity index is 364. The minimum atomic E-state index is -0.140. The highest BCUT2D eigenvalue weighted by Crippen LogP contribution is 2.22. The highest BCUT2D eigenvalue weighted by molar-refractivity contribution is 6.18. The van der Waals surface area contributed by atoms with Crippen molar-refractivity contribution in [2.24, 2.45) is 0 Å². The average Bonchev–Trinajstić information content (AvgIpc) is 2.97. The van der Waals surface area contributed by atoms with Crippen molar-refractivity contribution >= 4 is 11.6 Å². The SMILES string of the molecule is CC(CCl)(NCCCC1CCCO1)c1ccccc1. The zero-order valence-corrected chi connectivity index (χ0v) is 12.5. The molecule has 0 spiro atoms. The van der Waals surface area contributed by atoms with E-state index >= 15 is 0 Å². The van der Waals surface area contributed by atoms with Crippen LogP contribution in [0.2, 0.25) is 0 Å². The maximum Gasteiger partial charge on any atom is 0.0576 e. The molecule has 0 bridgehead atoms. The molecule has 19 heavy (non-hydrogen) atoms. The maximum absolute atomic E-state index is 6.16. The summed E-state index contributed by atoms with van der Waals surface area (Å²) in [7, 11) is 0. The van der Waals surface area contributed by atoms with Gasteiger partial charge in [0.2, 0.25) is 0 Å². The van der Waals surface area contributed by atoms with Crippen molar-refractivity contribution in [3.05, 3.63) is 35.9 Å². The lowest BCUT2D eigenvalue weighted by Gasteiger charge is -2.29. The van der Waals surface area contributed by atoms with Crippen LogP contribution in [-0.2, 0) is 10.3 Å². The number of benzene rings is 1. The number of hydrogen-bond donors (Lipinski definition) is 1. The molecule has 0 aliphatic carbocycles. The Kier molecular flexibility index (Phi) is 5.68. The van der Waals surface area contributed by atoms with Gasteiger partial charge in [-0.2, -0.15) is 0 Å². The summed E-state index contributed by atoms with van der Waals surface area (Å²) < 4.78 is 5.64. The zero-order valence-electron chi connectivity index (χ0n) is 11.7. The third-order valence-electron chi connectivity index (χ3n) is 3.92. The normalized spacial score (nSPS) is 22.3. The monoisotopic (exact) mass is 281 g/mol. The summed E-state index contributed by atoms with van der Waals surface area (Å²) in [4.78, 5) is 0. The third-order valence-corrected chi connectivity index (χ3v) is 4.45. The number of halogens is 1. The van der Waals surface area contributed by atoms with Crippen LogP contribution in [-0.4, -0.2) is 25.1 Å². The minimum absolute atomic E-state index is 0.140. The number of nitrogens with one attached hydrogen (secondary N) is 1. The Labute approximate surface area is 121 Å². The third kappa shape index (κ3) is 4.20. The first-order valence-corrected chi connectivity index (χ1v) is 7.76. The topological polar surface area (TPSA) is 21.3 Å². The fourth-order valence-electron chi connectivity index (χ4n) is 2.60. The first kappa shape index (κ1) is 14.8. The predicted octanol–water partition coefficient (Wildman–Crippen LogP) is 3.69. The fourth-order valence-corrected chi connectivity index (χ4v) is 2.85. The first-order valence-electron chi connectivity index (χ1n) is 7.23. The molecule has 0 radical (unpaired) electrons. The van der Waals surface area contributed by atoms with Crippen molar-refractivity contribution in [3.63, 3.8) is 0 Å². The molecule has 1 aromatic rings. The van der Waals surface area contributed by atoms with Crippen LogP contribution < -0.4 is 5.32 Å². The highest BCUT2D eigenvalue weighted by Gasteiger charge is 2.24. The lowest BCUT2D eigenvalue weighted by molar-refractivity contribution is 0.102. The van der Waals surface area contributed by atoms with Gasteiger partial charge in [0.25, 0.3) is 0 Å². The molecule has 1 heterocycles. The second kappa shape index (κ2) is 7.28. The largest absolute Gasteiger partial charge is 0.378 e. The van der Waals surface area contributed by atoms with E-state index in [-0.39, 0.29) is 5.54 Å². The summed E-state index contributed by atoms with van der Waals surface area (Å²) in [5.74, 6) is 0.580. The molecule has 0 saturated carbocycles. The Balaban J connectivity index is 1.78. The molecule has 0 amide bonds. The lowest BCUT2D eigenvalue weighted by atomic mass is 9.94. The highest BCUT2D eigenvalue weighted by atomic mass is 35.5. The van der Waals surface area contributed by atoms with Crippen LogP contribution in [0.3, 0.4) is 0 Å². The van der Waals surface area contributed by atoms with E-state index in [1.54, 1.807) is 0 Å². The molecule has 106 valence electrons. The Hall–Kier alpha value is -0.570. The molecule has 2 atom stereocenters. The zero-order chi connectivity index (χ0) is 13.6. The number of alkyl halides is 1. The molecular formula is C16H24ClNO. The van der Waals surface area contributed by atoms with Gasteiger partial charge < -0.3 is 10.1 Å². The fraction of sp³-hybridized carbons (Fsp3) is 0.625. The molecule has 1 N–H and O–H groups in total. The van der Waals surface area contributed by atoms with Gasteiger partial charge >= 0.3 is 0 Å². The van der Waals surface area contributed by atoms with Crippen LogP contribution in [0.4, 0.5) is 0 Å². The molecule has 2 nitrogen and oxygen atoms in total. The van der Waals surface area contributed by atoms with Gasteiger partial charge in [-0.1, -0.05) is 30.3 Å². The van der Waals surface area contributed by atoms with Gasteiger partial charge in [-0.3, -0.25) is 0 Å². The smallest absolute Gasteiger partial charge is 0.0576 e. The number of ether oxygens (including phenoxy) is 1. The van der Waals surface area contributed by atoms with Crippen molar-refractivity contribution in [1.29, 1.82) is 0 Å². The molecule has 1 aliphatic rings. The van der Waals surface area contributed by atoms with Crippen LogP contribution in [0, 0.1) is 0 Å². The Morgan fingerprint density at radius 2 is 2.16 bits per heavy atom. The van der Waals surface area contributed by atoms with Gasteiger partial charge in [-0.15, -0.1) is 11.6 Å². The van der Waals surface area contributed by atoms with Crippen LogP contribution in [0.5, 0.6) is 0 Å². The summed E-state index contributed by atoms with van der Waals surface area (Å²) in [5.41, 5.74) is 1.11. The maximum atomic E-state index is 6.16. The molecule has 1 aliphatic heterocycles. The van der Waals surface area contributed by atoms with Crippen molar-refractivity contribution in [2.45, 2.75) is 44.2 Å². The van der Waals surface area contributed by atoms with Gasteiger partial charge in [0.05, 0.1) is 11.6 Å². The van der Waals surface area contributed by atoms with E-state index in [0.29, 0.717) is 12.0 Å². The molecule has 0 aromatic heterocycles. The molecule has 2 rings (SSSR count). The van der Waals surface area contributed by atoms with Crippen molar-refractivity contribution < 1.29 is 4.74 Å². The van der Waals surface area contributed by atoms with E-state index in [4.69, 9.17) is 16.3 Å². The van der Waals surface area contributed by atoms with Gasteiger partial charge in [0.15, 0.2) is 0 Å². The van der Waals surface area contributed by atoms with Crippen LogP contribution in [0.15, 0.2) is 30.3 Å². The molecule has 1 aromatic carbocycles. The number of rotatable bonds is 7. The quantitative estimate of drug-likeness (QED) is 0.608. The van der Waals surface area contributed by atoms with Gasteiger partial charge in [0, 0.05) is 12.5 Å². The molecule has 3 heteroatoms. The van der Waals surface area contributed by atoms with Crippen LogP contribution >= 0.6 is 11.6 Å². The van der Waals surface area contributed by atoms with E-state index in [0.717, 1.165) is 26.0 Å². The standard InChI is InChI=1S/C16H24ClNO/c1-16(13-17,14-7-3-2-4-8-14)18-11-5-9-15-10-6-12-19-15/h2-4,7-8,15,18H,5-6,9-13H2,1H3. The van der Waals surface area contributed by atoms with Crippen LogP contribution in [0.25, 0.3) is 0 Å².